The van der Waals surface area contributed by atoms with Crippen molar-refractivity contribution in [2.45, 2.75) is 12.4 Å². The van der Waals surface area contributed by atoms with Gasteiger partial charge in [-0.3, -0.25) is 10.8 Å². The predicted molar refractivity (Wildman–Crippen MR) is 127 cm³/mol. The molecule has 27 heavy (non-hydrogen) atoms. The molecular formula is C16H19Br2ClN4O2S2. The molecule has 148 valence electrons. The summed E-state index contributed by atoms with van der Waals surface area (Å²) in [7, 11) is 0. The predicted octanol–water partition coefficient (Wildman–Crippen LogP) is 4.68. The second-order valence-electron chi connectivity index (χ2n) is 4.84. The Morgan fingerprint density at radius 1 is 1.15 bits per heavy atom. The number of thioether (sulfide) groups is 1. The van der Waals surface area contributed by atoms with Crippen LogP contribution in [0.15, 0.2) is 42.5 Å². The number of nitrogens with one attached hydrogen (secondary N) is 2. The Morgan fingerprint density at radius 2 is 1.85 bits per heavy atom. The highest BCUT2D eigenvalue weighted by Crippen LogP contribution is 2.32. The fraction of sp³-hybridized carbons (Fsp3) is 0.125. The van der Waals surface area contributed by atoms with E-state index in [1.165, 1.54) is 11.8 Å². The first-order chi connectivity index (χ1) is 12.0. The van der Waals surface area contributed by atoms with Gasteiger partial charge >= 0.3 is 0 Å². The Labute approximate surface area is 193 Å². The molecule has 0 atom stereocenters. The lowest BCUT2D eigenvalue weighted by molar-refractivity contribution is 0.282. The number of benzene rings is 2. The van der Waals surface area contributed by atoms with Crippen molar-refractivity contribution in [3.63, 3.8) is 0 Å². The highest BCUT2D eigenvalue weighted by molar-refractivity contribution is 8.93. The number of amidine groups is 1. The molecule has 0 saturated carbocycles. The normalized spacial score (nSPS) is 9.41. The van der Waals surface area contributed by atoms with Crippen LogP contribution >= 0.6 is 69.5 Å². The maximum atomic E-state index is 7.35. The highest BCUT2D eigenvalue weighted by atomic mass is 79.9. The van der Waals surface area contributed by atoms with Crippen molar-refractivity contribution in [3.8, 4) is 11.5 Å². The number of ether oxygens (including phenoxy) is 2. The standard InChI is InChI=1S/C16H17ClN4O2S2.2BrH/c17-12-6-5-11(9-25-15(18)19)14(7-12)23-13-4-2-1-3-10(13)8-22-16(24)21-20;;/h1-7H,8-9,20H2,(H3,18,19)(H,21,24);2*1H. The number of hydrogen-bond acceptors (Lipinski definition) is 6. The summed E-state index contributed by atoms with van der Waals surface area (Å²) in [6.45, 7) is 0.206. The van der Waals surface area contributed by atoms with Crippen molar-refractivity contribution >= 4 is 79.9 Å². The molecule has 2 aromatic rings. The number of hydrogen-bond donors (Lipinski definition) is 4. The van der Waals surface area contributed by atoms with E-state index in [1.807, 2.05) is 30.3 Å². The minimum Gasteiger partial charge on any atom is -0.465 e. The molecule has 11 heteroatoms. The van der Waals surface area contributed by atoms with E-state index < -0.39 is 0 Å². The van der Waals surface area contributed by atoms with Crippen molar-refractivity contribution < 1.29 is 9.47 Å². The first kappa shape index (κ1) is 26.0. The Bertz CT molecular complexity index is 784. The smallest absolute Gasteiger partial charge is 0.271 e. The second-order valence-corrected chi connectivity index (χ2v) is 6.66. The van der Waals surface area contributed by atoms with E-state index in [2.05, 4.69) is 5.43 Å². The number of hydrazine groups is 1. The Morgan fingerprint density at radius 3 is 2.52 bits per heavy atom. The van der Waals surface area contributed by atoms with Gasteiger partial charge in [0, 0.05) is 21.9 Å². The van der Waals surface area contributed by atoms with Crippen LogP contribution in [0, 0.1) is 5.41 Å². The van der Waals surface area contributed by atoms with Crippen molar-refractivity contribution in [1.82, 2.24) is 5.43 Å². The van der Waals surface area contributed by atoms with Crippen molar-refractivity contribution in [1.29, 1.82) is 5.41 Å². The molecule has 0 saturated heterocycles. The summed E-state index contributed by atoms with van der Waals surface area (Å²) in [5.41, 5.74) is 9.35. The Hall–Kier alpha value is -1.04. The lowest BCUT2D eigenvalue weighted by atomic mass is 10.2. The van der Waals surface area contributed by atoms with Crippen LogP contribution in [0.3, 0.4) is 0 Å². The zero-order valence-electron chi connectivity index (χ0n) is 13.9. The van der Waals surface area contributed by atoms with Crippen LogP contribution in [-0.4, -0.2) is 10.3 Å². The van der Waals surface area contributed by atoms with Gasteiger partial charge in [-0.15, -0.1) is 34.0 Å². The van der Waals surface area contributed by atoms with Gasteiger partial charge < -0.3 is 15.2 Å². The van der Waals surface area contributed by atoms with Crippen molar-refractivity contribution in [2.24, 2.45) is 11.6 Å². The molecule has 0 unspecified atom stereocenters. The van der Waals surface area contributed by atoms with E-state index in [4.69, 9.17) is 50.3 Å². The maximum absolute atomic E-state index is 7.35. The summed E-state index contributed by atoms with van der Waals surface area (Å²) in [6, 6.07) is 12.7. The number of para-hydroxylation sites is 1. The summed E-state index contributed by atoms with van der Waals surface area (Å²) in [4.78, 5) is 0. The number of halogens is 3. The second kappa shape index (κ2) is 13.2. The van der Waals surface area contributed by atoms with Gasteiger partial charge in [-0.05, 0) is 30.4 Å². The van der Waals surface area contributed by atoms with Crippen LogP contribution in [0.2, 0.25) is 5.02 Å². The molecule has 2 aromatic carbocycles. The molecule has 2 rings (SSSR count). The monoisotopic (exact) mass is 556 g/mol. The van der Waals surface area contributed by atoms with Gasteiger partial charge in [0.2, 0.25) is 0 Å². The number of thiocarbonyl (C=S) groups is 1. The molecule has 0 aliphatic carbocycles. The fourth-order valence-corrected chi connectivity index (χ4v) is 2.69. The molecule has 0 amide bonds. The van der Waals surface area contributed by atoms with Crippen molar-refractivity contribution in [2.75, 3.05) is 0 Å². The summed E-state index contributed by atoms with van der Waals surface area (Å²) < 4.78 is 11.4. The van der Waals surface area contributed by atoms with Crippen LogP contribution in [0.4, 0.5) is 0 Å². The molecule has 0 heterocycles. The third-order valence-electron chi connectivity index (χ3n) is 3.08. The van der Waals surface area contributed by atoms with Gasteiger partial charge in [0.25, 0.3) is 5.17 Å². The molecule has 6 N–H and O–H groups in total. The minimum atomic E-state index is 0. The van der Waals surface area contributed by atoms with Gasteiger partial charge in [0.05, 0.1) is 0 Å². The molecule has 0 radical (unpaired) electrons. The van der Waals surface area contributed by atoms with Gasteiger partial charge in [0.15, 0.2) is 5.17 Å². The lowest BCUT2D eigenvalue weighted by Crippen LogP contribution is -2.30. The van der Waals surface area contributed by atoms with E-state index >= 15 is 0 Å². The number of rotatable bonds is 6. The molecule has 0 aliphatic rings. The van der Waals surface area contributed by atoms with E-state index in [9.17, 15) is 0 Å². The van der Waals surface area contributed by atoms with E-state index in [0.29, 0.717) is 22.3 Å². The quantitative estimate of drug-likeness (QED) is 0.134. The summed E-state index contributed by atoms with van der Waals surface area (Å²) in [5, 5.41) is 8.04. The van der Waals surface area contributed by atoms with Crippen LogP contribution < -0.4 is 21.7 Å². The molecule has 0 bridgehead atoms. The van der Waals surface area contributed by atoms with E-state index in [-0.39, 0.29) is 50.9 Å². The van der Waals surface area contributed by atoms with Crippen LogP contribution in [0.1, 0.15) is 11.1 Å². The van der Waals surface area contributed by atoms with Gasteiger partial charge in [-0.2, -0.15) is 0 Å². The summed E-state index contributed by atoms with van der Waals surface area (Å²) in [6.07, 6.45) is 0. The maximum Gasteiger partial charge on any atom is 0.271 e. The van der Waals surface area contributed by atoms with Gasteiger partial charge in [0.1, 0.15) is 18.1 Å². The molecule has 6 nitrogen and oxygen atoms in total. The first-order valence-corrected chi connectivity index (χ1v) is 8.91. The zero-order chi connectivity index (χ0) is 18.2. The lowest BCUT2D eigenvalue weighted by Gasteiger charge is -2.15. The van der Waals surface area contributed by atoms with Gasteiger partial charge in [-0.1, -0.05) is 47.6 Å². The van der Waals surface area contributed by atoms with Crippen molar-refractivity contribution in [3.05, 3.63) is 58.6 Å². The molecule has 0 aromatic heterocycles. The van der Waals surface area contributed by atoms with Gasteiger partial charge in [-0.25, -0.2) is 5.84 Å². The Kier molecular flexibility index (Phi) is 12.7. The van der Waals surface area contributed by atoms with E-state index in [1.54, 1.807) is 12.1 Å². The van der Waals surface area contributed by atoms with E-state index in [0.717, 1.165) is 11.1 Å². The van der Waals surface area contributed by atoms with Crippen LogP contribution in [0.25, 0.3) is 0 Å². The summed E-state index contributed by atoms with van der Waals surface area (Å²) >= 11 is 12.2. The average Bonchev–Trinajstić information content (AvgIpc) is 2.59. The third kappa shape index (κ3) is 8.67. The largest absolute Gasteiger partial charge is 0.465 e. The SMILES string of the molecule is Br.Br.N=C(N)SCc1ccc(Cl)cc1Oc1ccccc1COC(=S)NN. The fourth-order valence-electron chi connectivity index (χ4n) is 1.92. The molecular weight excluding hydrogens is 540 g/mol. The molecule has 0 spiro atoms. The third-order valence-corrected chi connectivity index (χ3v) is 4.32. The minimum absolute atomic E-state index is 0. The molecule has 0 aliphatic heterocycles. The Balaban J connectivity index is 0.00000338. The van der Waals surface area contributed by atoms with Crippen LogP contribution in [0.5, 0.6) is 11.5 Å². The first-order valence-electron chi connectivity index (χ1n) is 7.14. The highest BCUT2D eigenvalue weighted by Gasteiger charge is 2.11. The molecule has 0 fully saturated rings. The number of nitrogens with two attached hydrogens (primary N) is 2. The summed E-state index contributed by atoms with van der Waals surface area (Å²) in [5.74, 6) is 6.90. The topological polar surface area (TPSA) is 106 Å². The zero-order valence-corrected chi connectivity index (χ0v) is 19.8. The average molecular weight is 559 g/mol. The van der Waals surface area contributed by atoms with Crippen LogP contribution in [-0.2, 0) is 17.1 Å².